The standard InChI is InChI=1S/C11H17N3O2S/c1-9-11(3-2-6-13-9)14-17(15,16)10-4-7-12-8-5-10/h2-3,6,10,12,14H,4-5,7-8H2,1H3. The zero-order valence-corrected chi connectivity index (χ0v) is 10.6. The van der Waals surface area contributed by atoms with E-state index >= 15 is 0 Å². The summed E-state index contributed by atoms with van der Waals surface area (Å²) in [6, 6.07) is 3.47. The summed E-state index contributed by atoms with van der Waals surface area (Å²) in [5.41, 5.74) is 1.27. The summed E-state index contributed by atoms with van der Waals surface area (Å²) in [6.07, 6.45) is 2.97. The van der Waals surface area contributed by atoms with Gasteiger partial charge < -0.3 is 5.32 Å². The highest BCUT2D eigenvalue weighted by Crippen LogP contribution is 2.19. The van der Waals surface area contributed by atoms with Crippen LogP contribution in [0, 0.1) is 6.92 Å². The molecule has 0 bridgehead atoms. The van der Waals surface area contributed by atoms with E-state index in [9.17, 15) is 8.42 Å². The van der Waals surface area contributed by atoms with Gasteiger partial charge >= 0.3 is 0 Å². The molecule has 2 heterocycles. The Kier molecular flexibility index (Phi) is 3.63. The van der Waals surface area contributed by atoms with Gasteiger partial charge in [-0.1, -0.05) is 0 Å². The number of hydrogen-bond donors (Lipinski definition) is 2. The van der Waals surface area contributed by atoms with Crippen molar-refractivity contribution >= 4 is 15.7 Å². The second-order valence-electron chi connectivity index (χ2n) is 4.23. The highest BCUT2D eigenvalue weighted by Gasteiger charge is 2.27. The number of anilines is 1. The van der Waals surface area contributed by atoms with Crippen molar-refractivity contribution in [2.24, 2.45) is 0 Å². The lowest BCUT2D eigenvalue weighted by Crippen LogP contribution is -2.38. The van der Waals surface area contributed by atoms with Crippen LogP contribution >= 0.6 is 0 Å². The molecule has 94 valence electrons. The fourth-order valence-corrected chi connectivity index (χ4v) is 3.48. The molecular weight excluding hydrogens is 238 g/mol. The van der Waals surface area contributed by atoms with Gasteiger partial charge in [-0.3, -0.25) is 9.71 Å². The molecule has 1 aliphatic rings. The molecule has 17 heavy (non-hydrogen) atoms. The third-order valence-corrected chi connectivity index (χ3v) is 4.84. The number of hydrogen-bond acceptors (Lipinski definition) is 4. The minimum absolute atomic E-state index is 0.302. The van der Waals surface area contributed by atoms with Crippen LogP contribution in [0.2, 0.25) is 0 Å². The highest BCUT2D eigenvalue weighted by atomic mass is 32.2. The van der Waals surface area contributed by atoms with Crippen LogP contribution in [-0.2, 0) is 10.0 Å². The van der Waals surface area contributed by atoms with Crippen LogP contribution in [0.1, 0.15) is 18.5 Å². The Morgan fingerprint density at radius 3 is 2.76 bits per heavy atom. The van der Waals surface area contributed by atoms with Crippen LogP contribution < -0.4 is 10.0 Å². The largest absolute Gasteiger partial charge is 0.317 e. The average molecular weight is 255 g/mol. The van der Waals surface area contributed by atoms with E-state index in [1.165, 1.54) is 0 Å². The van der Waals surface area contributed by atoms with Gasteiger partial charge in [0.2, 0.25) is 10.0 Å². The van der Waals surface area contributed by atoms with Gasteiger partial charge in [-0.2, -0.15) is 0 Å². The summed E-state index contributed by atoms with van der Waals surface area (Å²) in [6.45, 7) is 3.31. The number of nitrogens with one attached hydrogen (secondary N) is 2. The van der Waals surface area contributed by atoms with Crippen molar-refractivity contribution in [3.63, 3.8) is 0 Å². The number of sulfonamides is 1. The molecule has 1 aromatic rings. The number of pyridine rings is 1. The van der Waals surface area contributed by atoms with Gasteiger partial charge in [0, 0.05) is 6.20 Å². The molecule has 0 amide bonds. The molecular formula is C11H17N3O2S. The molecule has 0 saturated carbocycles. The number of aromatic nitrogens is 1. The Morgan fingerprint density at radius 2 is 2.12 bits per heavy atom. The van der Waals surface area contributed by atoms with E-state index in [0.717, 1.165) is 13.1 Å². The van der Waals surface area contributed by atoms with E-state index in [2.05, 4.69) is 15.0 Å². The van der Waals surface area contributed by atoms with Crippen molar-refractivity contribution in [3.8, 4) is 0 Å². The second kappa shape index (κ2) is 5.01. The number of rotatable bonds is 3. The Morgan fingerprint density at radius 1 is 1.41 bits per heavy atom. The molecule has 2 rings (SSSR count). The quantitative estimate of drug-likeness (QED) is 0.841. The van der Waals surface area contributed by atoms with Crippen LogP contribution in [-0.4, -0.2) is 31.7 Å². The summed E-state index contributed by atoms with van der Waals surface area (Å²) in [7, 11) is -3.29. The molecule has 1 aromatic heterocycles. The minimum atomic E-state index is -3.29. The molecule has 1 aliphatic heterocycles. The number of nitrogens with zero attached hydrogens (tertiary/aromatic N) is 1. The zero-order chi connectivity index (χ0) is 12.3. The van der Waals surface area contributed by atoms with Crippen LogP contribution in [0.5, 0.6) is 0 Å². The summed E-state index contributed by atoms with van der Waals surface area (Å²) in [5, 5.41) is 2.86. The molecule has 5 nitrogen and oxygen atoms in total. The third kappa shape index (κ3) is 2.95. The Bertz CT molecular complexity index is 481. The van der Waals surface area contributed by atoms with Crippen LogP contribution in [0.15, 0.2) is 18.3 Å². The molecule has 1 fully saturated rings. The maximum atomic E-state index is 12.1. The molecule has 1 saturated heterocycles. The van der Waals surface area contributed by atoms with Gasteiger partial charge in [0.1, 0.15) is 0 Å². The predicted molar refractivity (Wildman–Crippen MR) is 67.4 cm³/mol. The van der Waals surface area contributed by atoms with Crippen LogP contribution in [0.25, 0.3) is 0 Å². The molecule has 0 aliphatic carbocycles. The maximum absolute atomic E-state index is 12.1. The molecule has 0 spiro atoms. The molecule has 2 N–H and O–H groups in total. The molecule has 0 radical (unpaired) electrons. The van der Waals surface area contributed by atoms with E-state index < -0.39 is 10.0 Å². The normalized spacial score (nSPS) is 17.9. The van der Waals surface area contributed by atoms with Crippen molar-refractivity contribution in [1.29, 1.82) is 0 Å². The molecule has 0 aromatic carbocycles. The van der Waals surface area contributed by atoms with Crippen molar-refractivity contribution in [1.82, 2.24) is 10.3 Å². The average Bonchev–Trinajstić information content (AvgIpc) is 2.33. The first-order chi connectivity index (χ1) is 8.09. The van der Waals surface area contributed by atoms with Crippen molar-refractivity contribution in [3.05, 3.63) is 24.0 Å². The number of aryl methyl sites for hydroxylation is 1. The van der Waals surface area contributed by atoms with Crippen LogP contribution in [0.4, 0.5) is 5.69 Å². The number of piperidine rings is 1. The second-order valence-corrected chi connectivity index (χ2v) is 6.19. The maximum Gasteiger partial charge on any atom is 0.235 e. The molecule has 6 heteroatoms. The lowest BCUT2D eigenvalue weighted by atomic mass is 10.2. The van der Waals surface area contributed by atoms with Gasteiger partial charge in [-0.05, 0) is 45.0 Å². The van der Waals surface area contributed by atoms with Crippen LogP contribution in [0.3, 0.4) is 0 Å². The molecule has 0 atom stereocenters. The van der Waals surface area contributed by atoms with Gasteiger partial charge in [0.15, 0.2) is 0 Å². The zero-order valence-electron chi connectivity index (χ0n) is 9.81. The fourth-order valence-electron chi connectivity index (χ4n) is 1.93. The molecule has 0 unspecified atom stereocenters. The highest BCUT2D eigenvalue weighted by molar-refractivity contribution is 7.93. The van der Waals surface area contributed by atoms with E-state index in [0.29, 0.717) is 24.2 Å². The van der Waals surface area contributed by atoms with Gasteiger partial charge in [-0.25, -0.2) is 8.42 Å². The van der Waals surface area contributed by atoms with E-state index in [4.69, 9.17) is 0 Å². The lowest BCUT2D eigenvalue weighted by Gasteiger charge is -2.23. The van der Waals surface area contributed by atoms with Crippen molar-refractivity contribution in [2.45, 2.75) is 25.0 Å². The first-order valence-corrected chi connectivity index (χ1v) is 7.28. The van der Waals surface area contributed by atoms with Crippen molar-refractivity contribution < 1.29 is 8.42 Å². The predicted octanol–water partition coefficient (Wildman–Crippen LogP) is 0.884. The van der Waals surface area contributed by atoms with Gasteiger partial charge in [-0.15, -0.1) is 0 Å². The minimum Gasteiger partial charge on any atom is -0.317 e. The Labute approximate surface area is 102 Å². The van der Waals surface area contributed by atoms with E-state index in [1.807, 2.05) is 0 Å². The first-order valence-electron chi connectivity index (χ1n) is 5.73. The fraction of sp³-hybridized carbons (Fsp3) is 0.545. The topological polar surface area (TPSA) is 71.1 Å². The van der Waals surface area contributed by atoms with Gasteiger partial charge in [0.25, 0.3) is 0 Å². The summed E-state index contributed by atoms with van der Waals surface area (Å²) in [4.78, 5) is 4.07. The van der Waals surface area contributed by atoms with Gasteiger partial charge in [0.05, 0.1) is 16.6 Å². The summed E-state index contributed by atoms with van der Waals surface area (Å²) >= 11 is 0. The summed E-state index contributed by atoms with van der Waals surface area (Å²) in [5.74, 6) is 0. The summed E-state index contributed by atoms with van der Waals surface area (Å²) < 4.78 is 26.9. The van der Waals surface area contributed by atoms with E-state index in [-0.39, 0.29) is 5.25 Å². The Balaban J connectivity index is 2.14. The van der Waals surface area contributed by atoms with E-state index in [1.54, 1.807) is 25.3 Å². The monoisotopic (exact) mass is 255 g/mol. The third-order valence-electron chi connectivity index (χ3n) is 2.98. The first kappa shape index (κ1) is 12.3. The van der Waals surface area contributed by atoms with Crippen molar-refractivity contribution in [2.75, 3.05) is 17.8 Å². The SMILES string of the molecule is Cc1ncccc1NS(=O)(=O)C1CCNCC1. The Hall–Kier alpha value is -1.14. The smallest absolute Gasteiger partial charge is 0.235 e. The lowest BCUT2D eigenvalue weighted by molar-refractivity contribution is 0.499.